The highest BCUT2D eigenvalue weighted by molar-refractivity contribution is 4.92. The zero-order valence-electron chi connectivity index (χ0n) is 15.2. The third-order valence-corrected chi connectivity index (χ3v) is 5.63. The summed E-state index contributed by atoms with van der Waals surface area (Å²) in [6, 6.07) is 0. The summed E-state index contributed by atoms with van der Waals surface area (Å²) >= 11 is 0. The monoisotopic (exact) mass is 295 g/mol. The Morgan fingerprint density at radius 2 is 1.10 bits per heavy atom. The molecule has 0 saturated heterocycles. The van der Waals surface area contributed by atoms with Crippen LogP contribution in [0.5, 0.6) is 0 Å². The van der Waals surface area contributed by atoms with Crippen LogP contribution in [0.4, 0.5) is 0 Å². The molecule has 0 atom stereocenters. The Hall–Kier alpha value is -0.0400. The number of nitrogens with two attached hydrogens (primary N) is 1. The molecule has 0 aliphatic heterocycles. The van der Waals surface area contributed by atoms with E-state index >= 15 is 0 Å². The van der Waals surface area contributed by atoms with E-state index in [1.54, 1.807) is 0 Å². The summed E-state index contributed by atoms with van der Waals surface area (Å²) < 4.78 is 0. The van der Waals surface area contributed by atoms with Crippen molar-refractivity contribution in [2.75, 3.05) is 0 Å². The van der Waals surface area contributed by atoms with Crippen molar-refractivity contribution >= 4 is 0 Å². The molecule has 1 heteroatoms. The molecule has 0 bridgehead atoms. The molecule has 1 fully saturated rings. The standard InChI is InChI=1S/C20H41N/c1-4-5-6-7-8-9-10-11-12-13-14-20(21)17-15-19(2,3)16-18-20/h4-18,21H2,1-3H3. The maximum atomic E-state index is 6.59. The Balaban J connectivity index is 1.92. The topological polar surface area (TPSA) is 26.0 Å². The summed E-state index contributed by atoms with van der Waals surface area (Å²) in [6.45, 7) is 7.08. The summed E-state index contributed by atoms with van der Waals surface area (Å²) in [5.41, 5.74) is 7.31. The van der Waals surface area contributed by atoms with Crippen LogP contribution >= 0.6 is 0 Å². The molecular formula is C20H41N. The first-order chi connectivity index (χ1) is 9.97. The summed E-state index contributed by atoms with van der Waals surface area (Å²) in [7, 11) is 0. The molecule has 1 aliphatic carbocycles. The lowest BCUT2D eigenvalue weighted by Gasteiger charge is -2.41. The van der Waals surface area contributed by atoms with E-state index in [1.807, 2.05) is 0 Å². The van der Waals surface area contributed by atoms with E-state index < -0.39 is 0 Å². The van der Waals surface area contributed by atoms with Crippen molar-refractivity contribution < 1.29 is 0 Å². The van der Waals surface area contributed by atoms with Gasteiger partial charge in [-0.1, -0.05) is 85.0 Å². The normalized spacial score (nSPS) is 20.6. The van der Waals surface area contributed by atoms with Crippen molar-refractivity contribution in [2.24, 2.45) is 11.1 Å². The molecule has 0 unspecified atom stereocenters. The molecule has 1 nitrogen and oxygen atoms in total. The van der Waals surface area contributed by atoms with Crippen LogP contribution in [-0.4, -0.2) is 5.54 Å². The average molecular weight is 296 g/mol. The second-order valence-electron chi connectivity index (χ2n) is 8.46. The zero-order valence-corrected chi connectivity index (χ0v) is 15.2. The molecule has 1 aliphatic rings. The second kappa shape index (κ2) is 9.87. The Labute approximate surface area is 134 Å². The molecule has 0 aromatic carbocycles. The van der Waals surface area contributed by atoms with E-state index in [-0.39, 0.29) is 5.54 Å². The van der Waals surface area contributed by atoms with E-state index in [4.69, 9.17) is 5.73 Å². The van der Waals surface area contributed by atoms with Crippen molar-refractivity contribution in [3.8, 4) is 0 Å². The lowest BCUT2D eigenvalue weighted by atomic mass is 9.68. The number of unbranched alkanes of at least 4 members (excludes halogenated alkanes) is 9. The van der Waals surface area contributed by atoms with Gasteiger partial charge in [0.25, 0.3) is 0 Å². The van der Waals surface area contributed by atoms with Gasteiger partial charge in [-0.2, -0.15) is 0 Å². The van der Waals surface area contributed by atoms with Crippen molar-refractivity contribution in [3.05, 3.63) is 0 Å². The molecule has 0 aromatic rings. The van der Waals surface area contributed by atoms with Crippen molar-refractivity contribution in [1.29, 1.82) is 0 Å². The van der Waals surface area contributed by atoms with Crippen LogP contribution in [0.2, 0.25) is 0 Å². The van der Waals surface area contributed by atoms with E-state index in [2.05, 4.69) is 20.8 Å². The van der Waals surface area contributed by atoms with Crippen molar-refractivity contribution in [2.45, 2.75) is 123 Å². The van der Waals surface area contributed by atoms with Gasteiger partial charge in [-0.3, -0.25) is 0 Å². The average Bonchev–Trinajstić information content (AvgIpc) is 2.45. The smallest absolute Gasteiger partial charge is 0.0154 e. The second-order valence-corrected chi connectivity index (χ2v) is 8.46. The van der Waals surface area contributed by atoms with Crippen molar-refractivity contribution in [1.82, 2.24) is 0 Å². The van der Waals surface area contributed by atoms with Gasteiger partial charge in [0, 0.05) is 5.54 Å². The first-order valence-electron chi connectivity index (χ1n) is 9.76. The molecule has 1 saturated carbocycles. The maximum Gasteiger partial charge on any atom is 0.0154 e. The first kappa shape index (κ1) is 19.0. The van der Waals surface area contributed by atoms with Crippen LogP contribution in [0.15, 0.2) is 0 Å². The predicted molar refractivity (Wildman–Crippen MR) is 95.6 cm³/mol. The quantitative estimate of drug-likeness (QED) is 0.427. The maximum absolute atomic E-state index is 6.59. The molecule has 0 spiro atoms. The fourth-order valence-corrected chi connectivity index (χ4v) is 3.64. The number of hydrogen-bond acceptors (Lipinski definition) is 1. The van der Waals surface area contributed by atoms with Gasteiger partial charge >= 0.3 is 0 Å². The lowest BCUT2D eigenvalue weighted by Crippen LogP contribution is -2.44. The molecule has 126 valence electrons. The van der Waals surface area contributed by atoms with Gasteiger partial charge in [0.2, 0.25) is 0 Å². The van der Waals surface area contributed by atoms with Gasteiger partial charge in [0.05, 0.1) is 0 Å². The van der Waals surface area contributed by atoms with Crippen LogP contribution in [0.25, 0.3) is 0 Å². The highest BCUT2D eigenvalue weighted by atomic mass is 14.7. The summed E-state index contributed by atoms with van der Waals surface area (Å²) in [4.78, 5) is 0. The molecule has 0 heterocycles. The summed E-state index contributed by atoms with van der Waals surface area (Å²) in [5, 5.41) is 0. The van der Waals surface area contributed by atoms with E-state index in [1.165, 1.54) is 96.3 Å². The molecule has 0 amide bonds. The molecule has 0 radical (unpaired) electrons. The fraction of sp³-hybridized carbons (Fsp3) is 1.00. The lowest BCUT2D eigenvalue weighted by molar-refractivity contribution is 0.155. The van der Waals surface area contributed by atoms with Crippen molar-refractivity contribution in [3.63, 3.8) is 0 Å². The van der Waals surface area contributed by atoms with Gasteiger partial charge in [-0.05, 0) is 37.5 Å². The molecule has 21 heavy (non-hydrogen) atoms. The molecular weight excluding hydrogens is 254 g/mol. The van der Waals surface area contributed by atoms with E-state index in [0.717, 1.165) is 0 Å². The molecule has 0 aromatic heterocycles. The highest BCUT2D eigenvalue weighted by Crippen LogP contribution is 2.40. The van der Waals surface area contributed by atoms with Gasteiger partial charge in [0.1, 0.15) is 0 Å². The SMILES string of the molecule is CCCCCCCCCCCCC1(N)CCC(C)(C)CC1. The van der Waals surface area contributed by atoms with Crippen LogP contribution in [0.1, 0.15) is 117 Å². The minimum absolute atomic E-state index is 0.176. The van der Waals surface area contributed by atoms with Crippen LogP contribution in [0, 0.1) is 5.41 Å². The van der Waals surface area contributed by atoms with Gasteiger partial charge in [-0.25, -0.2) is 0 Å². The van der Waals surface area contributed by atoms with E-state index in [9.17, 15) is 0 Å². The Morgan fingerprint density at radius 1 is 0.667 bits per heavy atom. The predicted octanol–water partition coefficient (Wildman–Crippen LogP) is 6.60. The van der Waals surface area contributed by atoms with Crippen LogP contribution in [0.3, 0.4) is 0 Å². The first-order valence-corrected chi connectivity index (χ1v) is 9.76. The Bertz CT molecular complexity index is 247. The molecule has 1 rings (SSSR count). The van der Waals surface area contributed by atoms with Crippen LogP contribution in [-0.2, 0) is 0 Å². The fourth-order valence-electron chi connectivity index (χ4n) is 3.64. The minimum atomic E-state index is 0.176. The summed E-state index contributed by atoms with van der Waals surface area (Å²) in [5.74, 6) is 0. The van der Waals surface area contributed by atoms with Gasteiger partial charge < -0.3 is 5.73 Å². The largest absolute Gasteiger partial charge is 0.325 e. The Kier molecular flexibility index (Phi) is 8.94. The van der Waals surface area contributed by atoms with Gasteiger partial charge in [0.15, 0.2) is 0 Å². The Morgan fingerprint density at radius 3 is 1.57 bits per heavy atom. The van der Waals surface area contributed by atoms with Gasteiger partial charge in [-0.15, -0.1) is 0 Å². The number of hydrogen-bond donors (Lipinski definition) is 1. The third-order valence-electron chi connectivity index (χ3n) is 5.63. The summed E-state index contributed by atoms with van der Waals surface area (Å²) in [6.07, 6.45) is 20.6. The van der Waals surface area contributed by atoms with E-state index in [0.29, 0.717) is 5.41 Å². The number of rotatable bonds is 11. The minimum Gasteiger partial charge on any atom is -0.325 e. The third kappa shape index (κ3) is 8.86. The van der Waals surface area contributed by atoms with Crippen LogP contribution < -0.4 is 5.73 Å². The highest BCUT2D eigenvalue weighted by Gasteiger charge is 2.34. The zero-order chi connectivity index (χ0) is 15.6. The molecule has 2 N–H and O–H groups in total.